The van der Waals surface area contributed by atoms with E-state index >= 15 is 0 Å². The zero-order chi connectivity index (χ0) is 27.4. The Bertz CT molecular complexity index is 1370. The van der Waals surface area contributed by atoms with E-state index in [4.69, 9.17) is 9.72 Å². The third-order valence-corrected chi connectivity index (χ3v) is 9.00. The Balaban J connectivity index is 1.18. The van der Waals surface area contributed by atoms with E-state index in [1.165, 1.54) is 12.1 Å². The first-order valence-corrected chi connectivity index (χ1v) is 17.3. The van der Waals surface area contributed by atoms with Crippen molar-refractivity contribution in [2.24, 2.45) is 0 Å². The number of rotatable bonds is 11. The van der Waals surface area contributed by atoms with Crippen LogP contribution in [0.4, 0.5) is 21.7 Å². The molecule has 4 aromatic rings. The maximum absolute atomic E-state index is 13.1. The molecule has 8 nitrogen and oxygen atoms in total. The van der Waals surface area contributed by atoms with E-state index in [-0.39, 0.29) is 5.82 Å². The smallest absolute Gasteiger partial charge is 0.147 e. The summed E-state index contributed by atoms with van der Waals surface area (Å²) in [7, 11) is 0.993. The molecule has 5 rings (SSSR count). The summed E-state index contributed by atoms with van der Waals surface area (Å²) in [5, 5.41) is 4.41. The fourth-order valence-electron chi connectivity index (χ4n) is 4.83. The van der Waals surface area contributed by atoms with Crippen LogP contribution < -0.4 is 15.1 Å². The lowest BCUT2D eigenvalue weighted by atomic mass is 10.2. The Hall–Kier alpha value is -3.50. The molecule has 1 fully saturated rings. The minimum absolute atomic E-state index is 0.224. The molecule has 1 N–H and O–H groups in total. The van der Waals surface area contributed by atoms with Crippen LogP contribution in [0.15, 0.2) is 61.2 Å². The Morgan fingerprint density at radius 2 is 1.90 bits per heavy atom. The maximum atomic E-state index is 13.1. The van der Waals surface area contributed by atoms with Gasteiger partial charge in [0.1, 0.15) is 36.2 Å². The summed E-state index contributed by atoms with van der Waals surface area (Å²) < 4.78 is 21.2. The van der Waals surface area contributed by atoms with Gasteiger partial charge in [0, 0.05) is 53.6 Å². The van der Waals surface area contributed by atoms with Gasteiger partial charge < -0.3 is 24.4 Å². The first-order valence-electron chi connectivity index (χ1n) is 13.6. The average molecular weight is 548 g/mol. The third kappa shape index (κ3) is 6.74. The molecule has 39 heavy (non-hydrogen) atoms. The monoisotopic (exact) mass is 547 g/mol. The van der Waals surface area contributed by atoms with Crippen molar-refractivity contribution < 1.29 is 9.13 Å². The number of aromatic nitrogens is 4. The largest absolute Gasteiger partial charge is 0.380 e. The fourth-order valence-corrected chi connectivity index (χ4v) is 5.59. The SMILES string of the molecule is CN(c1ccc(NCc2ccc(F)cc2)cn1)C1CCN(c2ncnc3c2ccn3COCC[Si](C)(C)C)C1. The number of anilines is 3. The van der Waals surface area contributed by atoms with Crippen molar-refractivity contribution >= 4 is 36.4 Å². The molecule has 1 aromatic carbocycles. The Morgan fingerprint density at radius 3 is 2.64 bits per heavy atom. The van der Waals surface area contributed by atoms with Crippen LogP contribution in [0, 0.1) is 5.82 Å². The predicted molar refractivity (Wildman–Crippen MR) is 159 cm³/mol. The van der Waals surface area contributed by atoms with E-state index in [2.05, 4.69) is 62.4 Å². The minimum Gasteiger partial charge on any atom is -0.380 e. The topological polar surface area (TPSA) is 71.3 Å². The van der Waals surface area contributed by atoms with Crippen molar-refractivity contribution in [3.63, 3.8) is 0 Å². The molecule has 0 amide bonds. The summed E-state index contributed by atoms with van der Waals surface area (Å²) >= 11 is 0. The van der Waals surface area contributed by atoms with E-state index in [9.17, 15) is 4.39 Å². The molecule has 1 aliphatic rings. The average Bonchev–Trinajstić information content (AvgIpc) is 3.58. The molecule has 10 heteroatoms. The van der Waals surface area contributed by atoms with Gasteiger partial charge in [-0.05, 0) is 48.4 Å². The van der Waals surface area contributed by atoms with Gasteiger partial charge in [0.2, 0.25) is 0 Å². The van der Waals surface area contributed by atoms with Gasteiger partial charge in [0.25, 0.3) is 0 Å². The van der Waals surface area contributed by atoms with Crippen molar-refractivity contribution in [1.29, 1.82) is 0 Å². The number of likely N-dealkylation sites (N-methyl/N-ethyl adjacent to an activating group) is 1. The van der Waals surface area contributed by atoms with E-state index in [1.54, 1.807) is 18.5 Å². The molecule has 1 saturated heterocycles. The Kier molecular flexibility index (Phi) is 8.13. The molecule has 1 aliphatic heterocycles. The molecular formula is C29H38FN7OSi. The molecular weight excluding hydrogens is 509 g/mol. The number of benzene rings is 1. The number of nitrogens with zero attached hydrogens (tertiary/aromatic N) is 6. The van der Waals surface area contributed by atoms with Crippen molar-refractivity contribution in [2.45, 2.75) is 51.4 Å². The number of fused-ring (bicyclic) bond motifs is 1. The van der Waals surface area contributed by atoms with Crippen LogP contribution in [0.3, 0.4) is 0 Å². The van der Waals surface area contributed by atoms with Crippen LogP contribution >= 0.6 is 0 Å². The molecule has 0 aliphatic carbocycles. The zero-order valence-corrected chi connectivity index (χ0v) is 24.3. The summed E-state index contributed by atoms with van der Waals surface area (Å²) in [6, 6.07) is 14.2. The number of nitrogens with one attached hydrogen (secondary N) is 1. The highest BCUT2D eigenvalue weighted by atomic mass is 28.3. The molecule has 0 spiro atoms. The highest BCUT2D eigenvalue weighted by Gasteiger charge is 2.29. The second-order valence-electron chi connectivity index (χ2n) is 11.5. The van der Waals surface area contributed by atoms with Crippen molar-refractivity contribution in [3.05, 3.63) is 72.6 Å². The molecule has 206 valence electrons. The fraction of sp³-hybridized carbons (Fsp3) is 0.414. The van der Waals surface area contributed by atoms with E-state index in [1.807, 2.05) is 24.5 Å². The molecule has 3 aromatic heterocycles. The summed E-state index contributed by atoms with van der Waals surface area (Å²) in [6.45, 7) is 10.8. The van der Waals surface area contributed by atoms with Crippen LogP contribution in [0.2, 0.25) is 25.7 Å². The zero-order valence-electron chi connectivity index (χ0n) is 23.3. The van der Waals surface area contributed by atoms with Crippen LogP contribution in [0.25, 0.3) is 11.0 Å². The summed E-state index contributed by atoms with van der Waals surface area (Å²) in [5.74, 6) is 1.69. The molecule has 1 atom stereocenters. The Morgan fingerprint density at radius 1 is 1.08 bits per heavy atom. The maximum Gasteiger partial charge on any atom is 0.147 e. The third-order valence-electron chi connectivity index (χ3n) is 7.29. The predicted octanol–water partition coefficient (Wildman–Crippen LogP) is 5.60. The van der Waals surface area contributed by atoms with Gasteiger partial charge in [0.05, 0.1) is 17.3 Å². The number of halogens is 1. The number of hydrogen-bond donors (Lipinski definition) is 1. The minimum atomic E-state index is -1.11. The van der Waals surface area contributed by atoms with Crippen molar-refractivity contribution in [1.82, 2.24) is 19.5 Å². The van der Waals surface area contributed by atoms with Crippen LogP contribution in [-0.4, -0.2) is 60.4 Å². The van der Waals surface area contributed by atoms with Gasteiger partial charge in [0.15, 0.2) is 0 Å². The lowest BCUT2D eigenvalue weighted by molar-refractivity contribution is 0.0899. The van der Waals surface area contributed by atoms with Gasteiger partial charge in [-0.25, -0.2) is 19.3 Å². The molecule has 1 unspecified atom stereocenters. The second kappa shape index (κ2) is 11.7. The normalized spacial score (nSPS) is 15.7. The molecule has 0 saturated carbocycles. The highest BCUT2D eigenvalue weighted by Crippen LogP contribution is 2.29. The molecule has 0 bridgehead atoms. The van der Waals surface area contributed by atoms with Gasteiger partial charge in [-0.15, -0.1) is 0 Å². The molecule has 4 heterocycles. The quantitative estimate of drug-likeness (QED) is 0.193. The lowest BCUT2D eigenvalue weighted by Crippen LogP contribution is -2.35. The van der Waals surface area contributed by atoms with Crippen molar-refractivity contribution in [3.8, 4) is 0 Å². The van der Waals surface area contributed by atoms with Crippen LogP contribution in [0.5, 0.6) is 0 Å². The summed E-state index contributed by atoms with van der Waals surface area (Å²) in [6.07, 6.45) is 6.58. The number of hydrogen-bond acceptors (Lipinski definition) is 7. The Labute approximate surface area is 230 Å². The van der Waals surface area contributed by atoms with E-state index in [0.717, 1.165) is 66.1 Å². The first-order chi connectivity index (χ1) is 18.8. The summed E-state index contributed by atoms with van der Waals surface area (Å²) in [4.78, 5) is 18.5. The second-order valence-corrected chi connectivity index (χ2v) is 17.1. The van der Waals surface area contributed by atoms with Crippen molar-refractivity contribution in [2.75, 3.05) is 41.9 Å². The van der Waals surface area contributed by atoms with E-state index < -0.39 is 8.07 Å². The molecule has 0 radical (unpaired) electrons. The number of ether oxygens (including phenoxy) is 1. The lowest BCUT2D eigenvalue weighted by Gasteiger charge is -2.26. The van der Waals surface area contributed by atoms with Crippen LogP contribution in [-0.2, 0) is 18.0 Å². The van der Waals surface area contributed by atoms with Gasteiger partial charge in [-0.2, -0.15) is 0 Å². The van der Waals surface area contributed by atoms with E-state index in [0.29, 0.717) is 19.3 Å². The standard InChI is InChI=1S/C29H38FN7OSi/c1-35(27-10-9-24(18-32-27)31-17-22-5-7-23(30)8-6-22)25-11-13-36(19-25)28-26-12-14-37(29(26)34-20-33-28)21-38-15-16-39(2,3)4/h5-10,12,14,18,20,25,31H,11,13,15-17,19,21H2,1-4H3. The highest BCUT2D eigenvalue weighted by molar-refractivity contribution is 6.76. The van der Waals surface area contributed by atoms with Crippen LogP contribution in [0.1, 0.15) is 12.0 Å². The summed E-state index contributed by atoms with van der Waals surface area (Å²) in [5.41, 5.74) is 2.87. The van der Waals surface area contributed by atoms with Gasteiger partial charge in [-0.3, -0.25) is 0 Å². The first kappa shape index (κ1) is 27.1. The number of pyridine rings is 1. The van der Waals surface area contributed by atoms with Gasteiger partial charge in [-0.1, -0.05) is 31.8 Å². The van der Waals surface area contributed by atoms with Gasteiger partial charge >= 0.3 is 0 Å².